The topological polar surface area (TPSA) is 93.4 Å². The number of para-hydroxylation sites is 1. The molecule has 3 rings (SSSR count). The fourth-order valence-electron chi connectivity index (χ4n) is 2.81. The van der Waals surface area contributed by atoms with Crippen LogP contribution < -0.4 is 21.1 Å². The van der Waals surface area contributed by atoms with E-state index in [4.69, 9.17) is 22.1 Å². The summed E-state index contributed by atoms with van der Waals surface area (Å²) < 4.78 is 5.53. The van der Waals surface area contributed by atoms with Crippen LogP contribution in [0.4, 0.5) is 5.69 Å². The summed E-state index contributed by atoms with van der Waals surface area (Å²) in [7, 11) is 0. The second-order valence-corrected chi connectivity index (χ2v) is 6.41. The molecule has 2 aromatic carbocycles. The molecular formula is C19H20ClN3O3. The smallest absolute Gasteiger partial charge is 0.251 e. The van der Waals surface area contributed by atoms with Gasteiger partial charge in [0.2, 0.25) is 5.91 Å². The normalized spacial score (nSPS) is 15.8. The largest absolute Gasteiger partial charge is 0.492 e. The third-order valence-electron chi connectivity index (χ3n) is 4.11. The predicted octanol–water partition coefficient (Wildman–Crippen LogP) is 2.88. The number of rotatable bonds is 6. The van der Waals surface area contributed by atoms with Crippen molar-refractivity contribution in [1.29, 1.82) is 0 Å². The summed E-state index contributed by atoms with van der Waals surface area (Å²) in [6.45, 7) is 1.00. The van der Waals surface area contributed by atoms with Crippen molar-refractivity contribution >= 4 is 29.1 Å². The number of amides is 2. The number of hydrogen-bond donors (Lipinski definition) is 3. The van der Waals surface area contributed by atoms with E-state index in [9.17, 15) is 9.59 Å². The maximum Gasteiger partial charge on any atom is 0.251 e. The molecule has 0 saturated carbocycles. The van der Waals surface area contributed by atoms with Gasteiger partial charge in [-0.1, -0.05) is 29.8 Å². The van der Waals surface area contributed by atoms with Crippen LogP contribution >= 0.6 is 11.6 Å². The van der Waals surface area contributed by atoms with E-state index >= 15 is 0 Å². The van der Waals surface area contributed by atoms with E-state index in [2.05, 4.69) is 10.6 Å². The molecule has 0 bridgehead atoms. The van der Waals surface area contributed by atoms with Gasteiger partial charge in [-0.25, -0.2) is 0 Å². The monoisotopic (exact) mass is 373 g/mol. The van der Waals surface area contributed by atoms with E-state index < -0.39 is 0 Å². The van der Waals surface area contributed by atoms with E-state index in [0.29, 0.717) is 29.5 Å². The molecule has 136 valence electrons. The number of halogens is 1. The molecule has 6 nitrogen and oxygen atoms in total. The highest BCUT2D eigenvalue weighted by molar-refractivity contribution is 6.32. The van der Waals surface area contributed by atoms with Crippen LogP contribution in [0.1, 0.15) is 34.8 Å². The van der Waals surface area contributed by atoms with Gasteiger partial charge in [-0.2, -0.15) is 0 Å². The third kappa shape index (κ3) is 4.15. The molecular weight excluding hydrogens is 354 g/mol. The first-order valence-electron chi connectivity index (χ1n) is 8.40. The molecule has 0 aliphatic carbocycles. The Morgan fingerprint density at radius 1 is 1.31 bits per heavy atom. The summed E-state index contributed by atoms with van der Waals surface area (Å²) in [6.07, 6.45) is 0.915. The maximum absolute atomic E-state index is 12.6. The first kappa shape index (κ1) is 18.2. The lowest BCUT2D eigenvalue weighted by Crippen LogP contribution is -2.35. The van der Waals surface area contributed by atoms with E-state index in [1.165, 1.54) is 0 Å². The average molecular weight is 374 g/mol. The van der Waals surface area contributed by atoms with Gasteiger partial charge in [0.1, 0.15) is 5.75 Å². The molecule has 2 aromatic rings. The highest BCUT2D eigenvalue weighted by Crippen LogP contribution is 2.31. The van der Waals surface area contributed by atoms with E-state index in [1.807, 2.05) is 24.3 Å². The Balaban J connectivity index is 1.72. The Hall–Kier alpha value is -2.57. The van der Waals surface area contributed by atoms with Crippen LogP contribution in [0.25, 0.3) is 0 Å². The molecule has 1 atom stereocenters. The number of benzene rings is 2. The van der Waals surface area contributed by atoms with Gasteiger partial charge in [0.15, 0.2) is 0 Å². The molecule has 0 saturated heterocycles. The maximum atomic E-state index is 12.6. The number of nitrogens with one attached hydrogen (secondary N) is 2. The number of nitrogens with two attached hydrogens (primary N) is 1. The van der Waals surface area contributed by atoms with Crippen molar-refractivity contribution in [3.05, 3.63) is 58.6 Å². The number of anilines is 1. The second kappa shape index (κ2) is 8.21. The van der Waals surface area contributed by atoms with Crippen LogP contribution in [0.3, 0.4) is 0 Å². The van der Waals surface area contributed by atoms with E-state index in [1.54, 1.807) is 18.2 Å². The quantitative estimate of drug-likeness (QED) is 0.679. The van der Waals surface area contributed by atoms with Crippen molar-refractivity contribution in [3.63, 3.8) is 0 Å². The van der Waals surface area contributed by atoms with Crippen molar-refractivity contribution in [1.82, 2.24) is 5.32 Å². The molecule has 7 heteroatoms. The van der Waals surface area contributed by atoms with Gasteiger partial charge in [-0.15, -0.1) is 0 Å². The van der Waals surface area contributed by atoms with E-state index in [0.717, 1.165) is 17.7 Å². The Bertz CT molecular complexity index is 825. The van der Waals surface area contributed by atoms with E-state index in [-0.39, 0.29) is 24.3 Å². The van der Waals surface area contributed by atoms with Crippen LogP contribution in [-0.4, -0.2) is 25.0 Å². The fraction of sp³-hybridized carbons (Fsp3) is 0.263. The van der Waals surface area contributed by atoms with Crippen LogP contribution in [-0.2, 0) is 4.79 Å². The Morgan fingerprint density at radius 2 is 2.12 bits per heavy atom. The second-order valence-electron chi connectivity index (χ2n) is 6.00. The third-order valence-corrected chi connectivity index (χ3v) is 4.40. The lowest BCUT2D eigenvalue weighted by molar-refractivity contribution is -0.116. The van der Waals surface area contributed by atoms with Crippen LogP contribution in [0.2, 0.25) is 5.02 Å². The standard InChI is InChI=1S/C19H20ClN3O3/c20-14-10-12(6-7-17(14)26-9-3-8-21)19(25)23-16-11-18(24)22-15-5-2-1-4-13(15)16/h1-2,4-7,10,16H,3,8-9,11,21H2,(H,22,24)(H,23,25)/t16-/m0/s1. The SMILES string of the molecule is NCCCOc1ccc(C(=O)N[C@H]2CC(=O)Nc3ccccc32)cc1Cl. The lowest BCUT2D eigenvalue weighted by atomic mass is 9.97. The number of fused-ring (bicyclic) bond motifs is 1. The van der Waals surface area contributed by atoms with Gasteiger partial charge in [0.05, 0.1) is 24.1 Å². The summed E-state index contributed by atoms with van der Waals surface area (Å²) in [5.41, 5.74) is 7.44. The highest BCUT2D eigenvalue weighted by Gasteiger charge is 2.26. The van der Waals surface area contributed by atoms with Crippen LogP contribution in [0.15, 0.2) is 42.5 Å². The Morgan fingerprint density at radius 3 is 2.88 bits per heavy atom. The lowest BCUT2D eigenvalue weighted by Gasteiger charge is -2.26. The molecule has 0 radical (unpaired) electrons. The summed E-state index contributed by atoms with van der Waals surface area (Å²) >= 11 is 6.20. The zero-order valence-corrected chi connectivity index (χ0v) is 14.9. The van der Waals surface area contributed by atoms with Gasteiger partial charge in [-0.05, 0) is 42.8 Å². The molecule has 0 unspecified atom stereocenters. The van der Waals surface area contributed by atoms with Gasteiger partial charge in [0, 0.05) is 11.3 Å². The first-order valence-corrected chi connectivity index (χ1v) is 8.78. The molecule has 1 aliphatic rings. The number of ether oxygens (including phenoxy) is 1. The Labute approximate surface area is 156 Å². The molecule has 0 aromatic heterocycles. The summed E-state index contributed by atoms with van der Waals surface area (Å²) in [4.78, 5) is 24.5. The molecule has 1 aliphatic heterocycles. The van der Waals surface area contributed by atoms with Gasteiger partial charge in [0.25, 0.3) is 5.91 Å². The Kier molecular flexibility index (Phi) is 5.75. The molecule has 2 amide bonds. The fourth-order valence-corrected chi connectivity index (χ4v) is 3.04. The van der Waals surface area contributed by atoms with Crippen molar-refractivity contribution in [3.8, 4) is 5.75 Å². The molecule has 4 N–H and O–H groups in total. The minimum atomic E-state index is -0.383. The predicted molar refractivity (Wildman–Crippen MR) is 101 cm³/mol. The molecule has 0 fully saturated rings. The number of carbonyl (C=O) groups is 2. The van der Waals surface area contributed by atoms with Crippen molar-refractivity contribution in [2.45, 2.75) is 18.9 Å². The minimum absolute atomic E-state index is 0.129. The van der Waals surface area contributed by atoms with Crippen LogP contribution in [0, 0.1) is 0 Å². The summed E-state index contributed by atoms with van der Waals surface area (Å²) in [5, 5.41) is 6.07. The number of hydrogen-bond acceptors (Lipinski definition) is 4. The average Bonchev–Trinajstić information content (AvgIpc) is 2.63. The van der Waals surface area contributed by atoms with Gasteiger partial charge in [-0.3, -0.25) is 9.59 Å². The molecule has 26 heavy (non-hydrogen) atoms. The summed E-state index contributed by atoms with van der Waals surface area (Å²) in [5.74, 6) is 0.0876. The first-order chi connectivity index (χ1) is 12.6. The summed E-state index contributed by atoms with van der Waals surface area (Å²) in [6, 6.07) is 11.9. The zero-order chi connectivity index (χ0) is 18.5. The molecule has 0 spiro atoms. The zero-order valence-electron chi connectivity index (χ0n) is 14.1. The molecule has 1 heterocycles. The van der Waals surface area contributed by atoms with Gasteiger partial charge >= 0.3 is 0 Å². The number of carbonyl (C=O) groups excluding carboxylic acids is 2. The van der Waals surface area contributed by atoms with Crippen molar-refractivity contribution < 1.29 is 14.3 Å². The van der Waals surface area contributed by atoms with Crippen molar-refractivity contribution in [2.75, 3.05) is 18.5 Å². The van der Waals surface area contributed by atoms with Gasteiger partial charge < -0.3 is 21.1 Å². The van der Waals surface area contributed by atoms with Crippen molar-refractivity contribution in [2.24, 2.45) is 5.73 Å². The minimum Gasteiger partial charge on any atom is -0.492 e. The highest BCUT2D eigenvalue weighted by atomic mass is 35.5. The van der Waals surface area contributed by atoms with Crippen LogP contribution in [0.5, 0.6) is 5.75 Å².